The summed E-state index contributed by atoms with van der Waals surface area (Å²) in [5, 5.41) is 2.61. The largest absolute Gasteiger partial charge is 0.480 e. The first-order valence-electron chi connectivity index (χ1n) is 7.68. The van der Waals surface area contributed by atoms with Crippen molar-refractivity contribution in [3.05, 3.63) is 52.8 Å². The molecule has 0 spiro atoms. The third-order valence-corrected chi connectivity index (χ3v) is 5.01. The Bertz CT molecular complexity index is 817. The first kappa shape index (κ1) is 20.3. The van der Waals surface area contributed by atoms with E-state index < -0.39 is 11.9 Å². The number of anilines is 1. The van der Waals surface area contributed by atoms with E-state index in [4.69, 9.17) is 4.74 Å². The molecule has 0 fully saturated rings. The maximum atomic E-state index is 13.1. The molecule has 1 unspecified atom stereocenters. The molecule has 8 heteroatoms. The third-order valence-electron chi connectivity index (χ3n) is 3.27. The molecule has 0 aliphatic rings. The maximum absolute atomic E-state index is 13.1. The van der Waals surface area contributed by atoms with Gasteiger partial charge in [0.2, 0.25) is 0 Å². The number of hydrogen-bond donors (Lipinski definition) is 1. The van der Waals surface area contributed by atoms with Gasteiger partial charge in [-0.25, -0.2) is 4.39 Å². The fourth-order valence-electron chi connectivity index (χ4n) is 1.89. The SMILES string of the molecule is CC(Oc1ccc(F)cc1Br)C(=O)Nc1ccccc1SC(=O)N(C)C. The zero-order chi connectivity index (χ0) is 19.3. The summed E-state index contributed by atoms with van der Waals surface area (Å²) < 4.78 is 19.1. The molecule has 26 heavy (non-hydrogen) atoms. The minimum absolute atomic E-state index is 0.147. The standard InChI is InChI=1S/C18H18BrFN2O3S/c1-11(25-15-9-8-12(20)10-13(15)19)17(23)21-14-6-4-5-7-16(14)26-18(24)22(2)3/h4-11H,1-3H3,(H,21,23). The minimum Gasteiger partial charge on any atom is -0.480 e. The second-order valence-electron chi connectivity index (χ2n) is 5.58. The molecule has 1 N–H and O–H groups in total. The van der Waals surface area contributed by atoms with Crippen molar-refractivity contribution in [1.29, 1.82) is 0 Å². The number of halogens is 2. The maximum Gasteiger partial charge on any atom is 0.286 e. The lowest BCUT2D eigenvalue weighted by Crippen LogP contribution is -2.30. The molecule has 1 atom stereocenters. The summed E-state index contributed by atoms with van der Waals surface area (Å²) in [5.74, 6) is -0.427. The van der Waals surface area contributed by atoms with Gasteiger partial charge in [-0.05, 0) is 64.9 Å². The number of nitrogens with one attached hydrogen (secondary N) is 1. The lowest BCUT2D eigenvalue weighted by molar-refractivity contribution is -0.122. The number of nitrogens with zero attached hydrogens (tertiary/aromatic N) is 1. The van der Waals surface area contributed by atoms with E-state index in [2.05, 4.69) is 21.2 Å². The Balaban J connectivity index is 2.08. The van der Waals surface area contributed by atoms with Crippen molar-refractivity contribution >= 4 is 44.5 Å². The second-order valence-corrected chi connectivity index (χ2v) is 7.43. The molecule has 2 amide bonds. The predicted molar refractivity (Wildman–Crippen MR) is 104 cm³/mol. The minimum atomic E-state index is -0.820. The summed E-state index contributed by atoms with van der Waals surface area (Å²) >= 11 is 4.22. The normalized spacial score (nSPS) is 11.6. The van der Waals surface area contributed by atoms with Crippen LogP contribution in [0.5, 0.6) is 5.75 Å². The molecule has 0 radical (unpaired) electrons. The van der Waals surface area contributed by atoms with Crippen molar-refractivity contribution in [2.45, 2.75) is 17.9 Å². The van der Waals surface area contributed by atoms with E-state index in [0.29, 0.717) is 20.8 Å². The van der Waals surface area contributed by atoms with Gasteiger partial charge in [0, 0.05) is 19.0 Å². The van der Waals surface area contributed by atoms with Gasteiger partial charge in [-0.2, -0.15) is 0 Å². The Morgan fingerprint density at radius 1 is 1.23 bits per heavy atom. The molecule has 0 saturated heterocycles. The van der Waals surface area contributed by atoms with Gasteiger partial charge < -0.3 is 15.0 Å². The van der Waals surface area contributed by atoms with Crippen LogP contribution in [0.15, 0.2) is 51.8 Å². The summed E-state index contributed by atoms with van der Waals surface area (Å²) in [5.41, 5.74) is 0.520. The Morgan fingerprint density at radius 2 is 1.92 bits per heavy atom. The summed E-state index contributed by atoms with van der Waals surface area (Å²) in [6, 6.07) is 11.0. The quantitative estimate of drug-likeness (QED) is 0.680. The number of para-hydroxylation sites is 1. The Morgan fingerprint density at radius 3 is 2.58 bits per heavy atom. The number of ether oxygens (including phenoxy) is 1. The molecule has 0 heterocycles. The zero-order valence-corrected chi connectivity index (χ0v) is 16.9. The molecule has 0 aromatic heterocycles. The lowest BCUT2D eigenvalue weighted by atomic mass is 10.3. The van der Waals surface area contributed by atoms with Crippen LogP contribution in [0, 0.1) is 5.82 Å². The molecular formula is C18H18BrFN2O3S. The van der Waals surface area contributed by atoms with Gasteiger partial charge in [-0.1, -0.05) is 12.1 Å². The van der Waals surface area contributed by atoms with Crippen LogP contribution >= 0.6 is 27.7 Å². The molecule has 138 valence electrons. The summed E-state index contributed by atoms with van der Waals surface area (Å²) in [7, 11) is 3.32. The van der Waals surface area contributed by atoms with Crippen LogP contribution in [0.25, 0.3) is 0 Å². The highest BCUT2D eigenvalue weighted by Crippen LogP contribution is 2.29. The van der Waals surface area contributed by atoms with Gasteiger partial charge >= 0.3 is 0 Å². The fraction of sp³-hybridized carbons (Fsp3) is 0.222. The smallest absolute Gasteiger partial charge is 0.286 e. The number of rotatable bonds is 5. The lowest BCUT2D eigenvalue weighted by Gasteiger charge is -2.17. The van der Waals surface area contributed by atoms with Crippen LogP contribution in [0.1, 0.15) is 6.92 Å². The number of amides is 2. The van der Waals surface area contributed by atoms with E-state index in [0.717, 1.165) is 11.8 Å². The van der Waals surface area contributed by atoms with Gasteiger partial charge in [0.25, 0.3) is 11.1 Å². The number of thioether (sulfide) groups is 1. The number of carbonyl (C=O) groups excluding carboxylic acids is 2. The van der Waals surface area contributed by atoms with Gasteiger partial charge in [0.1, 0.15) is 11.6 Å². The number of benzene rings is 2. The monoisotopic (exact) mass is 440 g/mol. The molecule has 0 saturated carbocycles. The van der Waals surface area contributed by atoms with Gasteiger partial charge in [0.05, 0.1) is 10.2 Å². The molecule has 0 aliphatic heterocycles. The van der Waals surface area contributed by atoms with Crippen molar-refractivity contribution < 1.29 is 18.7 Å². The van der Waals surface area contributed by atoms with Crippen LogP contribution in [-0.2, 0) is 4.79 Å². The topological polar surface area (TPSA) is 58.6 Å². The van der Waals surface area contributed by atoms with Crippen molar-refractivity contribution in [2.24, 2.45) is 0 Å². The highest BCUT2D eigenvalue weighted by Gasteiger charge is 2.19. The van der Waals surface area contributed by atoms with Crippen molar-refractivity contribution in [2.75, 3.05) is 19.4 Å². The van der Waals surface area contributed by atoms with E-state index >= 15 is 0 Å². The molecule has 0 bridgehead atoms. The molecule has 2 aromatic rings. The first-order chi connectivity index (χ1) is 12.3. The second kappa shape index (κ2) is 9.05. The highest BCUT2D eigenvalue weighted by atomic mass is 79.9. The predicted octanol–water partition coefficient (Wildman–Crippen LogP) is 4.77. The Hall–Kier alpha value is -2.06. The zero-order valence-electron chi connectivity index (χ0n) is 14.5. The summed E-state index contributed by atoms with van der Waals surface area (Å²) in [6.45, 7) is 1.59. The fourth-order valence-corrected chi connectivity index (χ4v) is 3.08. The van der Waals surface area contributed by atoms with E-state index in [1.807, 2.05) is 0 Å². The van der Waals surface area contributed by atoms with E-state index in [9.17, 15) is 14.0 Å². The highest BCUT2D eigenvalue weighted by molar-refractivity contribution is 9.10. The van der Waals surface area contributed by atoms with Crippen molar-refractivity contribution in [1.82, 2.24) is 4.90 Å². The van der Waals surface area contributed by atoms with Crippen LogP contribution in [0.3, 0.4) is 0 Å². The van der Waals surface area contributed by atoms with Crippen molar-refractivity contribution in [3.63, 3.8) is 0 Å². The number of carbonyl (C=O) groups is 2. The summed E-state index contributed by atoms with van der Waals surface area (Å²) in [6.07, 6.45) is -0.820. The average Bonchev–Trinajstić information content (AvgIpc) is 2.58. The molecule has 2 rings (SSSR count). The Labute approximate surface area is 164 Å². The van der Waals surface area contributed by atoms with Gasteiger partial charge in [-0.15, -0.1) is 0 Å². The molecule has 0 aliphatic carbocycles. The molecular weight excluding hydrogens is 423 g/mol. The van der Waals surface area contributed by atoms with Crippen LogP contribution in [0.2, 0.25) is 0 Å². The molecule has 5 nitrogen and oxygen atoms in total. The van der Waals surface area contributed by atoms with Crippen molar-refractivity contribution in [3.8, 4) is 5.75 Å². The van der Waals surface area contributed by atoms with Crippen LogP contribution in [-0.4, -0.2) is 36.2 Å². The Kier molecular flexibility index (Phi) is 7.05. The third kappa shape index (κ3) is 5.47. The van der Waals surface area contributed by atoms with Crippen LogP contribution in [0.4, 0.5) is 14.9 Å². The van der Waals surface area contributed by atoms with E-state index in [1.165, 1.54) is 23.1 Å². The number of hydrogen-bond acceptors (Lipinski definition) is 4. The van der Waals surface area contributed by atoms with E-state index in [-0.39, 0.29) is 11.1 Å². The van der Waals surface area contributed by atoms with Crippen LogP contribution < -0.4 is 10.1 Å². The van der Waals surface area contributed by atoms with Gasteiger partial charge in [0.15, 0.2) is 6.10 Å². The van der Waals surface area contributed by atoms with Gasteiger partial charge in [-0.3, -0.25) is 9.59 Å². The average molecular weight is 441 g/mol. The van der Waals surface area contributed by atoms with E-state index in [1.54, 1.807) is 45.3 Å². The first-order valence-corrected chi connectivity index (χ1v) is 9.29. The molecule has 2 aromatic carbocycles. The summed E-state index contributed by atoms with van der Waals surface area (Å²) in [4.78, 5) is 26.4.